The van der Waals surface area contributed by atoms with E-state index in [2.05, 4.69) is 5.32 Å². The highest BCUT2D eigenvalue weighted by Gasteiger charge is 2.15. The SMILES string of the molecule is CC(NC(=O)CN(C)CCOc1ccccc1F)c1cc2ccccc2o1. The molecule has 0 aliphatic carbocycles. The van der Waals surface area contributed by atoms with Crippen molar-refractivity contribution in [1.82, 2.24) is 10.2 Å². The van der Waals surface area contributed by atoms with E-state index in [0.29, 0.717) is 13.2 Å². The van der Waals surface area contributed by atoms with Gasteiger partial charge in [-0.05, 0) is 38.2 Å². The number of nitrogens with zero attached hydrogens (tertiary/aromatic N) is 1. The third kappa shape index (κ3) is 5.08. The summed E-state index contributed by atoms with van der Waals surface area (Å²) in [6, 6.07) is 15.7. The normalized spacial score (nSPS) is 12.3. The molecule has 6 heteroatoms. The van der Waals surface area contributed by atoms with Crippen LogP contribution in [0.3, 0.4) is 0 Å². The Labute approximate surface area is 157 Å². The number of benzene rings is 2. The van der Waals surface area contributed by atoms with E-state index in [9.17, 15) is 9.18 Å². The van der Waals surface area contributed by atoms with Gasteiger partial charge in [-0.1, -0.05) is 30.3 Å². The predicted octanol–water partition coefficient (Wildman–Crippen LogP) is 3.76. The van der Waals surface area contributed by atoms with Crippen LogP contribution in [0.5, 0.6) is 5.75 Å². The highest BCUT2D eigenvalue weighted by molar-refractivity contribution is 5.80. The Morgan fingerprint density at radius 1 is 1.22 bits per heavy atom. The van der Waals surface area contributed by atoms with Gasteiger partial charge in [-0.2, -0.15) is 0 Å². The highest BCUT2D eigenvalue weighted by atomic mass is 19.1. The van der Waals surface area contributed by atoms with E-state index in [1.807, 2.05) is 49.2 Å². The zero-order valence-electron chi connectivity index (χ0n) is 15.4. The molecule has 1 heterocycles. The van der Waals surface area contributed by atoms with Crippen molar-refractivity contribution in [1.29, 1.82) is 0 Å². The van der Waals surface area contributed by atoms with Crippen molar-refractivity contribution in [2.45, 2.75) is 13.0 Å². The topological polar surface area (TPSA) is 54.7 Å². The van der Waals surface area contributed by atoms with E-state index in [1.165, 1.54) is 6.07 Å². The minimum atomic E-state index is -0.391. The number of carbonyl (C=O) groups excluding carboxylic acids is 1. The van der Waals surface area contributed by atoms with Crippen molar-refractivity contribution in [2.75, 3.05) is 26.7 Å². The molecule has 0 saturated heterocycles. The first-order chi connectivity index (χ1) is 13.0. The lowest BCUT2D eigenvalue weighted by atomic mass is 10.2. The lowest BCUT2D eigenvalue weighted by molar-refractivity contribution is -0.122. The van der Waals surface area contributed by atoms with Gasteiger partial charge >= 0.3 is 0 Å². The van der Waals surface area contributed by atoms with Gasteiger partial charge in [-0.25, -0.2) is 4.39 Å². The Balaban J connectivity index is 1.44. The molecule has 0 saturated carbocycles. The van der Waals surface area contributed by atoms with Crippen LogP contribution in [-0.4, -0.2) is 37.6 Å². The smallest absolute Gasteiger partial charge is 0.234 e. The molecular formula is C21H23FN2O3. The summed E-state index contributed by atoms with van der Waals surface area (Å²) in [7, 11) is 1.82. The number of nitrogens with one attached hydrogen (secondary N) is 1. The zero-order valence-corrected chi connectivity index (χ0v) is 15.4. The number of halogens is 1. The van der Waals surface area contributed by atoms with Crippen molar-refractivity contribution in [3.63, 3.8) is 0 Å². The molecule has 3 aromatic rings. The maximum Gasteiger partial charge on any atom is 0.234 e. The average molecular weight is 370 g/mol. The second kappa shape index (κ2) is 8.68. The maximum absolute atomic E-state index is 13.5. The van der Waals surface area contributed by atoms with Crippen molar-refractivity contribution in [3.8, 4) is 5.75 Å². The van der Waals surface area contributed by atoms with Crippen LogP contribution in [0.25, 0.3) is 11.0 Å². The fraction of sp³-hybridized carbons (Fsp3) is 0.286. The van der Waals surface area contributed by atoms with E-state index in [0.717, 1.165) is 16.7 Å². The molecular weight excluding hydrogens is 347 g/mol. The van der Waals surface area contributed by atoms with E-state index in [1.54, 1.807) is 18.2 Å². The second-order valence-electron chi connectivity index (χ2n) is 6.49. The van der Waals surface area contributed by atoms with E-state index < -0.39 is 5.82 Å². The molecule has 0 aliphatic heterocycles. The number of hydrogen-bond acceptors (Lipinski definition) is 4. The fourth-order valence-corrected chi connectivity index (χ4v) is 2.77. The summed E-state index contributed by atoms with van der Waals surface area (Å²) >= 11 is 0. The Kier molecular flexibility index (Phi) is 6.08. The van der Waals surface area contributed by atoms with Gasteiger partial charge in [-0.15, -0.1) is 0 Å². The Hall–Kier alpha value is -2.86. The quantitative estimate of drug-likeness (QED) is 0.656. The number of hydrogen-bond donors (Lipinski definition) is 1. The van der Waals surface area contributed by atoms with Crippen molar-refractivity contribution < 1.29 is 18.3 Å². The van der Waals surface area contributed by atoms with Gasteiger partial charge in [0.25, 0.3) is 0 Å². The van der Waals surface area contributed by atoms with E-state index in [-0.39, 0.29) is 24.2 Å². The van der Waals surface area contributed by atoms with Crippen LogP contribution in [0.4, 0.5) is 4.39 Å². The molecule has 0 bridgehead atoms. The van der Waals surface area contributed by atoms with Crippen LogP contribution in [0.15, 0.2) is 59.0 Å². The van der Waals surface area contributed by atoms with Gasteiger partial charge in [-0.3, -0.25) is 9.69 Å². The van der Waals surface area contributed by atoms with Crippen LogP contribution < -0.4 is 10.1 Å². The van der Waals surface area contributed by atoms with Crippen LogP contribution in [0.2, 0.25) is 0 Å². The molecule has 27 heavy (non-hydrogen) atoms. The Bertz CT molecular complexity index is 876. The third-order valence-corrected chi connectivity index (χ3v) is 4.23. The molecule has 1 N–H and O–H groups in total. The molecule has 142 valence electrons. The third-order valence-electron chi connectivity index (χ3n) is 4.23. The summed E-state index contributed by atoms with van der Waals surface area (Å²) in [5.41, 5.74) is 0.802. The first-order valence-electron chi connectivity index (χ1n) is 8.86. The molecule has 1 aromatic heterocycles. The summed E-state index contributed by atoms with van der Waals surface area (Å²) in [4.78, 5) is 14.1. The number of para-hydroxylation sites is 2. The van der Waals surface area contributed by atoms with E-state index >= 15 is 0 Å². The molecule has 2 aromatic carbocycles. The van der Waals surface area contributed by atoms with Gasteiger partial charge in [0.2, 0.25) is 5.91 Å². The monoisotopic (exact) mass is 370 g/mol. The standard InChI is InChI=1S/C21H23FN2O3/c1-15(20-13-16-7-3-5-9-18(16)27-20)23-21(25)14-24(2)11-12-26-19-10-6-4-8-17(19)22/h3-10,13,15H,11-12,14H2,1-2H3,(H,23,25). The molecule has 5 nitrogen and oxygen atoms in total. The molecule has 3 rings (SSSR count). The summed E-state index contributed by atoms with van der Waals surface area (Å²) in [6.45, 7) is 2.90. The summed E-state index contributed by atoms with van der Waals surface area (Å²) < 4.78 is 24.7. The number of amides is 1. The molecule has 1 atom stereocenters. The highest BCUT2D eigenvalue weighted by Crippen LogP contribution is 2.23. The molecule has 0 aliphatic rings. The average Bonchev–Trinajstić information content (AvgIpc) is 3.07. The number of likely N-dealkylation sites (N-methyl/N-ethyl adjacent to an activating group) is 1. The van der Waals surface area contributed by atoms with Crippen LogP contribution in [0.1, 0.15) is 18.7 Å². The molecule has 0 spiro atoms. The zero-order chi connectivity index (χ0) is 19.2. The van der Waals surface area contributed by atoms with Gasteiger partial charge in [0.05, 0.1) is 12.6 Å². The largest absolute Gasteiger partial charge is 0.489 e. The van der Waals surface area contributed by atoms with Crippen molar-refractivity contribution in [3.05, 3.63) is 66.2 Å². The summed E-state index contributed by atoms with van der Waals surface area (Å²) in [6.07, 6.45) is 0. The number of fused-ring (bicyclic) bond motifs is 1. The second-order valence-corrected chi connectivity index (χ2v) is 6.49. The van der Waals surface area contributed by atoms with Gasteiger partial charge in [0.15, 0.2) is 11.6 Å². The summed E-state index contributed by atoms with van der Waals surface area (Å²) in [5, 5.41) is 3.94. The predicted molar refractivity (Wildman–Crippen MR) is 102 cm³/mol. The van der Waals surface area contributed by atoms with Crippen LogP contribution >= 0.6 is 0 Å². The van der Waals surface area contributed by atoms with Crippen molar-refractivity contribution >= 4 is 16.9 Å². The van der Waals surface area contributed by atoms with Crippen LogP contribution in [-0.2, 0) is 4.79 Å². The number of rotatable bonds is 8. The minimum absolute atomic E-state index is 0.114. The number of furan rings is 1. The van der Waals surface area contributed by atoms with E-state index in [4.69, 9.17) is 9.15 Å². The summed E-state index contributed by atoms with van der Waals surface area (Å²) in [5.74, 6) is 0.429. The lowest BCUT2D eigenvalue weighted by Crippen LogP contribution is -2.37. The molecule has 0 fully saturated rings. The molecule has 1 unspecified atom stereocenters. The van der Waals surface area contributed by atoms with Gasteiger partial charge in [0.1, 0.15) is 18.0 Å². The fourth-order valence-electron chi connectivity index (χ4n) is 2.77. The Morgan fingerprint density at radius 3 is 2.74 bits per heavy atom. The minimum Gasteiger partial charge on any atom is -0.489 e. The molecule has 1 amide bonds. The number of carbonyl (C=O) groups is 1. The number of ether oxygens (including phenoxy) is 1. The first kappa shape index (κ1) is 18.9. The Morgan fingerprint density at radius 2 is 1.96 bits per heavy atom. The van der Waals surface area contributed by atoms with Crippen molar-refractivity contribution in [2.24, 2.45) is 0 Å². The lowest BCUT2D eigenvalue weighted by Gasteiger charge is -2.18. The maximum atomic E-state index is 13.5. The first-order valence-corrected chi connectivity index (χ1v) is 8.86. The van der Waals surface area contributed by atoms with Gasteiger partial charge in [0, 0.05) is 11.9 Å². The van der Waals surface area contributed by atoms with Gasteiger partial charge < -0.3 is 14.5 Å². The van der Waals surface area contributed by atoms with Crippen LogP contribution in [0, 0.1) is 5.82 Å². The molecule has 0 radical (unpaired) electrons.